The molecule has 3 aromatic carbocycles. The van der Waals surface area contributed by atoms with Crippen LogP contribution in [0.1, 0.15) is 29.5 Å². The fourth-order valence-corrected chi connectivity index (χ4v) is 4.24. The van der Waals surface area contributed by atoms with Crippen LogP contribution in [0.3, 0.4) is 0 Å². The summed E-state index contributed by atoms with van der Waals surface area (Å²) < 4.78 is 11.5. The lowest BCUT2D eigenvalue weighted by atomic mass is 9.99. The van der Waals surface area contributed by atoms with Crippen molar-refractivity contribution < 1.29 is 9.47 Å². The average Bonchev–Trinajstić information content (AvgIpc) is 2.89. The van der Waals surface area contributed by atoms with Gasteiger partial charge in [-0.05, 0) is 55.8 Å². The molecule has 1 atom stereocenters. The number of fused-ring (bicyclic) bond motifs is 1. The minimum atomic E-state index is 0.375. The van der Waals surface area contributed by atoms with E-state index in [4.69, 9.17) is 21.1 Å². The third-order valence-corrected chi connectivity index (χ3v) is 6.14. The van der Waals surface area contributed by atoms with Gasteiger partial charge in [0.05, 0.1) is 17.7 Å². The van der Waals surface area contributed by atoms with Crippen LogP contribution in [0.4, 0.5) is 5.69 Å². The van der Waals surface area contributed by atoms with Gasteiger partial charge < -0.3 is 20.1 Å². The Morgan fingerprint density at radius 1 is 1.06 bits per heavy atom. The van der Waals surface area contributed by atoms with Crippen molar-refractivity contribution in [3.05, 3.63) is 88.9 Å². The van der Waals surface area contributed by atoms with Crippen LogP contribution >= 0.6 is 11.6 Å². The van der Waals surface area contributed by atoms with E-state index in [1.165, 1.54) is 6.42 Å². The second kappa shape index (κ2) is 10.2. The van der Waals surface area contributed by atoms with E-state index in [0.717, 1.165) is 53.4 Å². The zero-order chi connectivity index (χ0) is 23.3. The molecule has 34 heavy (non-hydrogen) atoms. The van der Waals surface area contributed by atoms with Crippen LogP contribution in [0.15, 0.2) is 65.7 Å². The van der Waals surface area contributed by atoms with E-state index in [-0.39, 0.29) is 0 Å². The fourth-order valence-electron chi connectivity index (χ4n) is 4.02. The highest BCUT2D eigenvalue weighted by Gasteiger charge is 2.18. The quantitative estimate of drug-likeness (QED) is 0.468. The van der Waals surface area contributed by atoms with Crippen molar-refractivity contribution in [2.24, 2.45) is 10.9 Å². The first-order valence-electron chi connectivity index (χ1n) is 11.3. The summed E-state index contributed by atoms with van der Waals surface area (Å²) >= 11 is 6.51. The van der Waals surface area contributed by atoms with Crippen molar-refractivity contribution >= 4 is 23.1 Å². The first kappa shape index (κ1) is 22.3. The number of aliphatic imine (C=N–C) groups is 1. The second-order valence-electron chi connectivity index (χ2n) is 8.24. The van der Waals surface area contributed by atoms with Gasteiger partial charge in [0.1, 0.15) is 29.6 Å². The molecule has 5 nitrogen and oxygen atoms in total. The van der Waals surface area contributed by atoms with Gasteiger partial charge in [0, 0.05) is 35.3 Å². The monoisotopic (exact) mass is 470 g/mol. The minimum Gasteiger partial charge on any atom is -0.495 e. The SMILES string of the molecule is COc1cc2c(cc1C#CC1CCCNC1)[CH]N=C(c1ccc(Oc3ccccc3)c(Cl)c1)N2. The molecule has 0 aliphatic carbocycles. The van der Waals surface area contributed by atoms with Gasteiger partial charge in [-0.25, -0.2) is 0 Å². The molecule has 2 aliphatic heterocycles. The van der Waals surface area contributed by atoms with Crippen molar-refractivity contribution in [1.82, 2.24) is 5.32 Å². The number of rotatable bonds is 4. The molecule has 171 valence electrons. The van der Waals surface area contributed by atoms with Crippen molar-refractivity contribution in [2.75, 3.05) is 25.5 Å². The average molecular weight is 471 g/mol. The summed E-state index contributed by atoms with van der Waals surface area (Å²) in [7, 11) is 1.67. The zero-order valence-electron chi connectivity index (χ0n) is 18.9. The molecule has 0 bridgehead atoms. The Morgan fingerprint density at radius 2 is 1.94 bits per heavy atom. The van der Waals surface area contributed by atoms with Crippen LogP contribution in [0.5, 0.6) is 17.2 Å². The van der Waals surface area contributed by atoms with Gasteiger partial charge in [0.25, 0.3) is 0 Å². The molecule has 1 radical (unpaired) electrons. The standard InChI is InChI=1S/C28H25ClN3O2/c1-33-27-16-25-22(14-20(27)10-9-19-6-5-13-30-17-19)18-31-28(32-25)21-11-12-26(24(29)15-21)34-23-7-3-2-4-8-23/h2-4,7-8,11-12,14-16,18-19,30H,5-6,13,17H2,1H3,(H,31,32). The third-order valence-electron chi connectivity index (χ3n) is 5.84. The number of hydrogen-bond donors (Lipinski definition) is 2. The van der Waals surface area contributed by atoms with Crippen LogP contribution < -0.4 is 20.1 Å². The molecule has 6 heteroatoms. The fraction of sp³-hybridized carbons (Fsp3) is 0.214. The molecular formula is C28H25ClN3O2. The summed E-state index contributed by atoms with van der Waals surface area (Å²) in [6, 6.07) is 19.2. The number of nitrogens with one attached hydrogen (secondary N) is 2. The summed E-state index contributed by atoms with van der Waals surface area (Å²) in [5.74, 6) is 9.86. The molecule has 0 aromatic heterocycles. The molecular weight excluding hydrogens is 446 g/mol. The Labute approximate surface area is 205 Å². The van der Waals surface area contributed by atoms with Crippen molar-refractivity contribution in [1.29, 1.82) is 0 Å². The summed E-state index contributed by atoms with van der Waals surface area (Å²) in [5, 5.41) is 7.31. The third kappa shape index (κ3) is 5.04. The maximum Gasteiger partial charge on any atom is 0.146 e. The number of piperidine rings is 1. The Hall–Kier alpha value is -3.46. The van der Waals surface area contributed by atoms with Crippen LogP contribution in [0.25, 0.3) is 0 Å². The Bertz CT molecular complexity index is 1270. The molecule has 3 aromatic rings. The number of halogens is 1. The summed E-state index contributed by atoms with van der Waals surface area (Å²) in [5.41, 5.74) is 3.60. The lowest BCUT2D eigenvalue weighted by Gasteiger charge is -2.20. The largest absolute Gasteiger partial charge is 0.495 e. The lowest BCUT2D eigenvalue weighted by molar-refractivity contribution is 0.413. The van der Waals surface area contributed by atoms with Gasteiger partial charge in [0.15, 0.2) is 0 Å². The molecule has 2 aliphatic rings. The summed E-state index contributed by atoms with van der Waals surface area (Å²) in [6.45, 7) is 3.87. The van der Waals surface area contributed by atoms with Crippen LogP contribution in [0.2, 0.25) is 5.02 Å². The maximum absolute atomic E-state index is 6.51. The van der Waals surface area contributed by atoms with Crippen molar-refractivity contribution in [3.8, 4) is 29.1 Å². The van der Waals surface area contributed by atoms with E-state index in [0.29, 0.717) is 22.5 Å². The van der Waals surface area contributed by atoms with Gasteiger partial charge in [-0.2, -0.15) is 0 Å². The summed E-state index contributed by atoms with van der Waals surface area (Å²) in [6.07, 6.45) is 2.30. The van der Waals surface area contributed by atoms with Gasteiger partial charge in [-0.1, -0.05) is 41.6 Å². The first-order chi connectivity index (χ1) is 16.7. The molecule has 1 unspecified atom stereocenters. The number of nitrogens with zero attached hydrogens (tertiary/aromatic N) is 1. The van der Waals surface area contributed by atoms with E-state index in [1.807, 2.05) is 67.2 Å². The van der Waals surface area contributed by atoms with Crippen molar-refractivity contribution in [2.45, 2.75) is 12.8 Å². The van der Waals surface area contributed by atoms with Gasteiger partial charge in [0.2, 0.25) is 0 Å². The van der Waals surface area contributed by atoms with Crippen LogP contribution in [-0.2, 0) is 0 Å². The number of hydrogen-bond acceptors (Lipinski definition) is 5. The van der Waals surface area contributed by atoms with Crippen molar-refractivity contribution in [3.63, 3.8) is 0 Å². The topological polar surface area (TPSA) is 54.9 Å². The predicted octanol–water partition coefficient (Wildman–Crippen LogP) is 5.87. The molecule has 0 saturated carbocycles. The Kier molecular flexibility index (Phi) is 6.71. The van der Waals surface area contributed by atoms with Crippen LogP contribution in [-0.4, -0.2) is 26.0 Å². The molecule has 5 rings (SSSR count). The normalized spacial score (nSPS) is 16.9. The molecule has 2 N–H and O–H groups in total. The van der Waals surface area contributed by atoms with E-state index in [1.54, 1.807) is 7.11 Å². The lowest BCUT2D eigenvalue weighted by Crippen LogP contribution is -2.28. The first-order valence-corrected chi connectivity index (χ1v) is 11.7. The second-order valence-corrected chi connectivity index (χ2v) is 8.65. The number of benzene rings is 3. The van der Waals surface area contributed by atoms with E-state index >= 15 is 0 Å². The number of amidine groups is 1. The number of anilines is 1. The number of ether oxygens (including phenoxy) is 2. The maximum atomic E-state index is 6.51. The number of para-hydroxylation sites is 1. The van der Waals surface area contributed by atoms with E-state index in [9.17, 15) is 0 Å². The van der Waals surface area contributed by atoms with Gasteiger partial charge in [-0.3, -0.25) is 4.99 Å². The smallest absolute Gasteiger partial charge is 0.146 e. The molecule has 1 fully saturated rings. The zero-order valence-corrected chi connectivity index (χ0v) is 19.7. The highest BCUT2D eigenvalue weighted by molar-refractivity contribution is 6.32. The van der Waals surface area contributed by atoms with E-state index in [2.05, 4.69) is 27.5 Å². The molecule has 0 spiro atoms. The minimum absolute atomic E-state index is 0.375. The highest BCUT2D eigenvalue weighted by Crippen LogP contribution is 2.34. The van der Waals surface area contributed by atoms with E-state index < -0.39 is 0 Å². The Balaban J connectivity index is 1.34. The van der Waals surface area contributed by atoms with Gasteiger partial charge >= 0.3 is 0 Å². The molecule has 2 heterocycles. The molecule has 0 amide bonds. The number of methoxy groups -OCH3 is 1. The van der Waals surface area contributed by atoms with Crippen LogP contribution in [0, 0.1) is 24.3 Å². The molecule has 1 saturated heterocycles. The Morgan fingerprint density at radius 3 is 2.71 bits per heavy atom. The predicted molar refractivity (Wildman–Crippen MR) is 137 cm³/mol. The summed E-state index contributed by atoms with van der Waals surface area (Å²) in [4.78, 5) is 4.62. The highest BCUT2D eigenvalue weighted by atomic mass is 35.5. The van der Waals surface area contributed by atoms with Gasteiger partial charge in [-0.15, -0.1) is 0 Å².